The Balaban J connectivity index is 3.40. The van der Waals surface area contributed by atoms with Crippen LogP contribution in [0, 0.1) is 0 Å². The van der Waals surface area contributed by atoms with Crippen LogP contribution in [0.15, 0.2) is 10.7 Å². The maximum absolute atomic E-state index is 12.8. The molecule has 0 aliphatic heterocycles. The number of aromatic nitrogens is 1. The van der Waals surface area contributed by atoms with Gasteiger partial charge in [0.15, 0.2) is 0 Å². The van der Waals surface area contributed by atoms with Crippen LogP contribution in [0.5, 0.6) is 0 Å². The van der Waals surface area contributed by atoms with E-state index in [1.165, 1.54) is 0 Å². The maximum atomic E-state index is 12.8. The van der Waals surface area contributed by atoms with Crippen LogP contribution < -0.4 is 5.73 Å². The molecule has 88 valence electrons. The van der Waals surface area contributed by atoms with E-state index in [0.29, 0.717) is 0 Å². The largest absolute Gasteiger partial charge is 0.465 e. The fraction of sp³-hybridized carbons (Fsp3) is 0.333. The van der Waals surface area contributed by atoms with Crippen molar-refractivity contribution in [3.8, 4) is 0 Å². The smallest absolute Gasteiger partial charge is 0.339 e. The summed E-state index contributed by atoms with van der Waals surface area (Å²) in [5.74, 6) is -0.855. The van der Waals surface area contributed by atoms with Gasteiger partial charge in [-0.3, -0.25) is 4.98 Å². The highest BCUT2D eigenvalue weighted by molar-refractivity contribution is 9.10. The van der Waals surface area contributed by atoms with Crippen LogP contribution in [0.3, 0.4) is 0 Å². The summed E-state index contributed by atoms with van der Waals surface area (Å²) in [6.07, 6.45) is -1.77. The number of ether oxygens (including phenoxy) is 1. The monoisotopic (exact) mass is 294 g/mol. The van der Waals surface area contributed by atoms with Gasteiger partial charge in [0, 0.05) is 18.3 Å². The summed E-state index contributed by atoms with van der Waals surface area (Å²) >= 11 is 2.96. The Morgan fingerprint density at radius 1 is 1.69 bits per heavy atom. The second kappa shape index (κ2) is 5.31. The van der Waals surface area contributed by atoms with Crippen LogP contribution in [0.1, 0.15) is 28.0 Å². The molecular formula is C9H9BrF2N2O2. The molecule has 1 aromatic heterocycles. The van der Waals surface area contributed by atoms with E-state index in [-0.39, 0.29) is 22.3 Å². The first-order valence-corrected chi connectivity index (χ1v) is 5.06. The van der Waals surface area contributed by atoms with Gasteiger partial charge in [0.2, 0.25) is 0 Å². The summed E-state index contributed by atoms with van der Waals surface area (Å²) in [5.41, 5.74) is 4.89. The minimum Gasteiger partial charge on any atom is -0.465 e. The van der Waals surface area contributed by atoms with Gasteiger partial charge in [0.05, 0.1) is 22.8 Å². The highest BCUT2D eigenvalue weighted by Crippen LogP contribution is 2.32. The van der Waals surface area contributed by atoms with Crippen molar-refractivity contribution in [2.75, 3.05) is 7.11 Å². The van der Waals surface area contributed by atoms with Gasteiger partial charge in [-0.25, -0.2) is 13.6 Å². The summed E-state index contributed by atoms with van der Waals surface area (Å²) in [4.78, 5) is 15.0. The number of alkyl halides is 2. The number of hydrogen-bond donors (Lipinski definition) is 1. The molecule has 0 aliphatic carbocycles. The summed E-state index contributed by atoms with van der Waals surface area (Å²) in [7, 11) is 1.11. The predicted molar refractivity (Wildman–Crippen MR) is 56.1 cm³/mol. The zero-order valence-electron chi connectivity index (χ0n) is 8.34. The predicted octanol–water partition coefficient (Wildman–Crippen LogP) is 2.03. The average molecular weight is 295 g/mol. The lowest BCUT2D eigenvalue weighted by Crippen LogP contribution is -2.11. The fourth-order valence-electron chi connectivity index (χ4n) is 1.17. The Labute approximate surface area is 98.9 Å². The lowest BCUT2D eigenvalue weighted by atomic mass is 10.1. The van der Waals surface area contributed by atoms with Crippen molar-refractivity contribution in [1.82, 2.24) is 4.98 Å². The van der Waals surface area contributed by atoms with Crippen LogP contribution in [0.4, 0.5) is 8.78 Å². The van der Waals surface area contributed by atoms with Crippen molar-refractivity contribution in [2.45, 2.75) is 13.0 Å². The first-order valence-electron chi connectivity index (χ1n) is 4.26. The Kier molecular flexibility index (Phi) is 4.31. The summed E-state index contributed by atoms with van der Waals surface area (Å²) in [6, 6.07) is 0. The number of nitrogens with zero attached hydrogens (tertiary/aromatic N) is 1. The third kappa shape index (κ3) is 2.35. The molecule has 0 aliphatic rings. The van der Waals surface area contributed by atoms with E-state index in [1.54, 1.807) is 0 Å². The highest BCUT2D eigenvalue weighted by atomic mass is 79.9. The molecule has 2 N–H and O–H groups in total. The molecule has 16 heavy (non-hydrogen) atoms. The van der Waals surface area contributed by atoms with Crippen LogP contribution >= 0.6 is 15.9 Å². The van der Waals surface area contributed by atoms with Gasteiger partial charge in [-0.2, -0.15) is 0 Å². The lowest BCUT2D eigenvalue weighted by Gasteiger charge is -2.11. The number of esters is 1. The third-order valence-corrected chi connectivity index (χ3v) is 2.83. The van der Waals surface area contributed by atoms with E-state index in [0.717, 1.165) is 13.3 Å². The molecule has 7 heteroatoms. The Morgan fingerprint density at radius 3 is 2.75 bits per heavy atom. The second-order valence-corrected chi connectivity index (χ2v) is 3.64. The van der Waals surface area contributed by atoms with Gasteiger partial charge in [-0.1, -0.05) is 0 Å². The van der Waals surface area contributed by atoms with Crippen molar-refractivity contribution in [2.24, 2.45) is 5.73 Å². The molecule has 0 bridgehead atoms. The van der Waals surface area contributed by atoms with Gasteiger partial charge in [-0.05, 0) is 15.9 Å². The lowest BCUT2D eigenvalue weighted by molar-refractivity contribution is 0.0588. The molecule has 0 spiro atoms. The van der Waals surface area contributed by atoms with Crippen molar-refractivity contribution in [3.05, 3.63) is 27.5 Å². The summed E-state index contributed by atoms with van der Waals surface area (Å²) < 4.78 is 30.0. The minimum absolute atomic E-state index is 0.00174. The Morgan fingerprint density at radius 2 is 2.31 bits per heavy atom. The van der Waals surface area contributed by atoms with E-state index in [9.17, 15) is 13.6 Å². The number of hydrogen-bond acceptors (Lipinski definition) is 4. The van der Waals surface area contributed by atoms with Crippen LogP contribution in [-0.4, -0.2) is 18.1 Å². The number of nitrogens with two attached hydrogens (primary N) is 1. The molecule has 0 radical (unpaired) electrons. The number of carbonyl (C=O) groups is 1. The molecule has 0 aromatic carbocycles. The quantitative estimate of drug-likeness (QED) is 0.866. The number of pyridine rings is 1. The second-order valence-electron chi connectivity index (χ2n) is 2.84. The molecule has 0 atom stereocenters. The SMILES string of the molecule is COC(=O)c1cnc(CN)c(Br)c1C(F)F. The van der Waals surface area contributed by atoms with Crippen molar-refractivity contribution in [1.29, 1.82) is 0 Å². The van der Waals surface area contributed by atoms with Crippen LogP contribution in [0.25, 0.3) is 0 Å². The topological polar surface area (TPSA) is 65.2 Å². The minimum atomic E-state index is -2.81. The number of halogens is 3. The highest BCUT2D eigenvalue weighted by Gasteiger charge is 2.24. The molecule has 0 amide bonds. The molecule has 1 aromatic rings. The van der Waals surface area contributed by atoms with E-state index in [1.807, 2.05) is 0 Å². The number of methoxy groups -OCH3 is 1. The standard InChI is InChI=1S/C9H9BrF2N2O2/c1-16-9(15)4-3-14-5(2-13)7(10)6(4)8(11)12/h3,8H,2,13H2,1H3. The normalized spacial score (nSPS) is 10.6. The average Bonchev–Trinajstić information content (AvgIpc) is 2.26. The molecular weight excluding hydrogens is 286 g/mol. The molecule has 0 saturated carbocycles. The zero-order chi connectivity index (χ0) is 12.3. The number of carbonyl (C=O) groups excluding carboxylic acids is 1. The van der Waals surface area contributed by atoms with Gasteiger partial charge >= 0.3 is 5.97 Å². The molecule has 1 heterocycles. The Bertz CT molecular complexity index is 413. The van der Waals surface area contributed by atoms with Gasteiger partial charge in [0.25, 0.3) is 6.43 Å². The zero-order valence-corrected chi connectivity index (χ0v) is 9.92. The third-order valence-electron chi connectivity index (χ3n) is 1.95. The van der Waals surface area contributed by atoms with E-state index in [2.05, 4.69) is 25.7 Å². The van der Waals surface area contributed by atoms with E-state index in [4.69, 9.17) is 5.73 Å². The van der Waals surface area contributed by atoms with Crippen molar-refractivity contribution < 1.29 is 18.3 Å². The molecule has 0 unspecified atom stereocenters. The van der Waals surface area contributed by atoms with E-state index >= 15 is 0 Å². The summed E-state index contributed by atoms with van der Waals surface area (Å²) in [6.45, 7) is 0.00174. The maximum Gasteiger partial charge on any atom is 0.339 e. The first-order chi connectivity index (χ1) is 7.52. The van der Waals surface area contributed by atoms with Gasteiger partial charge in [-0.15, -0.1) is 0 Å². The van der Waals surface area contributed by atoms with E-state index < -0.39 is 18.0 Å². The fourth-order valence-corrected chi connectivity index (χ4v) is 1.82. The van der Waals surface area contributed by atoms with Crippen LogP contribution in [-0.2, 0) is 11.3 Å². The Hall–Kier alpha value is -1.08. The molecule has 4 nitrogen and oxygen atoms in total. The van der Waals surface area contributed by atoms with Gasteiger partial charge in [0.1, 0.15) is 0 Å². The van der Waals surface area contributed by atoms with Crippen molar-refractivity contribution in [3.63, 3.8) is 0 Å². The summed E-state index contributed by atoms with van der Waals surface area (Å²) in [5, 5.41) is 0. The van der Waals surface area contributed by atoms with Crippen LogP contribution in [0.2, 0.25) is 0 Å². The first kappa shape index (κ1) is 13.0. The molecule has 1 rings (SSSR count). The van der Waals surface area contributed by atoms with Crippen molar-refractivity contribution >= 4 is 21.9 Å². The van der Waals surface area contributed by atoms with Gasteiger partial charge < -0.3 is 10.5 Å². The molecule has 0 saturated heterocycles. The number of rotatable bonds is 3. The molecule has 0 fully saturated rings.